The fourth-order valence-electron chi connectivity index (χ4n) is 1.53. The first-order valence-electron chi connectivity index (χ1n) is 5.53. The highest BCUT2D eigenvalue weighted by Crippen LogP contribution is 2.27. The lowest BCUT2D eigenvalue weighted by Gasteiger charge is -2.11. The van der Waals surface area contributed by atoms with Crippen LogP contribution >= 0.6 is 22.9 Å². The van der Waals surface area contributed by atoms with Crippen molar-refractivity contribution in [1.29, 1.82) is 0 Å². The van der Waals surface area contributed by atoms with Crippen molar-refractivity contribution in [2.24, 2.45) is 5.73 Å². The molecule has 20 heavy (non-hydrogen) atoms. The SMILES string of the molecule is NC(C(=O)Nc1ccc([N+](=O)[O-])cc1Cl)c1cccs1. The van der Waals surface area contributed by atoms with Crippen molar-refractivity contribution < 1.29 is 9.72 Å². The summed E-state index contributed by atoms with van der Waals surface area (Å²) in [6.45, 7) is 0. The molecular formula is C12H10ClN3O3S. The second-order valence-electron chi connectivity index (χ2n) is 3.90. The summed E-state index contributed by atoms with van der Waals surface area (Å²) in [4.78, 5) is 22.7. The van der Waals surface area contributed by atoms with E-state index in [9.17, 15) is 14.9 Å². The topological polar surface area (TPSA) is 98.3 Å². The van der Waals surface area contributed by atoms with Crippen molar-refractivity contribution in [1.82, 2.24) is 0 Å². The monoisotopic (exact) mass is 311 g/mol. The number of nitro groups is 1. The summed E-state index contributed by atoms with van der Waals surface area (Å²) in [5.41, 5.74) is 5.95. The highest BCUT2D eigenvalue weighted by atomic mass is 35.5. The Morgan fingerprint density at radius 1 is 1.45 bits per heavy atom. The maximum absolute atomic E-state index is 12.0. The van der Waals surface area contributed by atoms with Crippen LogP contribution in [-0.2, 0) is 4.79 Å². The van der Waals surface area contributed by atoms with Crippen LogP contribution in [0.3, 0.4) is 0 Å². The quantitative estimate of drug-likeness (QED) is 0.670. The van der Waals surface area contributed by atoms with E-state index in [0.29, 0.717) is 0 Å². The Morgan fingerprint density at radius 3 is 2.75 bits per heavy atom. The standard InChI is InChI=1S/C12H10ClN3O3S/c13-8-6-7(16(18)19)3-4-9(8)15-12(17)11(14)10-2-1-5-20-10/h1-6,11H,14H2,(H,15,17). The number of amides is 1. The largest absolute Gasteiger partial charge is 0.323 e. The van der Waals surface area contributed by atoms with Gasteiger partial charge in [0.15, 0.2) is 0 Å². The molecule has 2 rings (SSSR count). The number of halogens is 1. The van der Waals surface area contributed by atoms with Crippen molar-refractivity contribution in [3.8, 4) is 0 Å². The Balaban J connectivity index is 2.14. The molecule has 0 spiro atoms. The summed E-state index contributed by atoms with van der Waals surface area (Å²) in [7, 11) is 0. The van der Waals surface area contributed by atoms with Crippen LogP contribution in [-0.4, -0.2) is 10.8 Å². The molecule has 1 heterocycles. The van der Waals surface area contributed by atoms with Gasteiger partial charge >= 0.3 is 0 Å². The number of hydrogen-bond donors (Lipinski definition) is 2. The molecule has 0 fully saturated rings. The fourth-order valence-corrected chi connectivity index (χ4v) is 2.47. The van der Waals surface area contributed by atoms with Crippen LogP contribution in [0.1, 0.15) is 10.9 Å². The fraction of sp³-hybridized carbons (Fsp3) is 0.0833. The molecule has 6 nitrogen and oxygen atoms in total. The zero-order valence-corrected chi connectivity index (χ0v) is 11.6. The highest BCUT2D eigenvalue weighted by Gasteiger charge is 2.18. The van der Waals surface area contributed by atoms with Gasteiger partial charge in [0, 0.05) is 17.0 Å². The summed E-state index contributed by atoms with van der Waals surface area (Å²) in [6.07, 6.45) is 0. The first-order chi connectivity index (χ1) is 9.49. The van der Waals surface area contributed by atoms with E-state index in [1.807, 2.05) is 5.38 Å². The van der Waals surface area contributed by atoms with Crippen LogP contribution in [0.25, 0.3) is 0 Å². The van der Waals surface area contributed by atoms with Gasteiger partial charge in [0.05, 0.1) is 15.6 Å². The first-order valence-corrected chi connectivity index (χ1v) is 6.78. The maximum Gasteiger partial charge on any atom is 0.271 e. The van der Waals surface area contributed by atoms with Crippen LogP contribution in [0.4, 0.5) is 11.4 Å². The third-order valence-electron chi connectivity index (χ3n) is 2.55. The molecular weight excluding hydrogens is 302 g/mol. The number of rotatable bonds is 4. The maximum atomic E-state index is 12.0. The van der Waals surface area contributed by atoms with Gasteiger partial charge in [0.2, 0.25) is 5.91 Å². The normalized spacial score (nSPS) is 11.9. The first kappa shape index (κ1) is 14.4. The van der Waals surface area contributed by atoms with E-state index in [0.717, 1.165) is 4.88 Å². The van der Waals surface area contributed by atoms with Crippen LogP contribution in [0.2, 0.25) is 5.02 Å². The average Bonchev–Trinajstić information content (AvgIpc) is 2.93. The van der Waals surface area contributed by atoms with Crippen LogP contribution in [0, 0.1) is 10.1 Å². The number of nitrogens with one attached hydrogen (secondary N) is 1. The molecule has 1 amide bonds. The number of nitrogens with zero attached hydrogens (tertiary/aromatic N) is 1. The molecule has 8 heteroatoms. The molecule has 0 saturated carbocycles. The lowest BCUT2D eigenvalue weighted by molar-refractivity contribution is -0.384. The summed E-state index contributed by atoms with van der Waals surface area (Å²) < 4.78 is 0. The van der Waals surface area contributed by atoms with E-state index in [2.05, 4.69) is 5.32 Å². The molecule has 1 atom stereocenters. The Hall–Kier alpha value is -1.96. The molecule has 104 valence electrons. The Bertz CT molecular complexity index is 645. The summed E-state index contributed by atoms with van der Waals surface area (Å²) >= 11 is 7.26. The van der Waals surface area contributed by atoms with Gasteiger partial charge in [-0.15, -0.1) is 11.3 Å². The van der Waals surface area contributed by atoms with Crippen molar-refractivity contribution >= 4 is 40.2 Å². The third kappa shape index (κ3) is 3.13. The number of hydrogen-bond acceptors (Lipinski definition) is 5. The van der Waals surface area contributed by atoms with Gasteiger partial charge in [0.25, 0.3) is 5.69 Å². The van der Waals surface area contributed by atoms with Gasteiger partial charge in [-0.05, 0) is 17.5 Å². The number of non-ortho nitro benzene ring substituents is 1. The smallest absolute Gasteiger partial charge is 0.271 e. The summed E-state index contributed by atoms with van der Waals surface area (Å²) in [5, 5.41) is 15.1. The lowest BCUT2D eigenvalue weighted by Crippen LogP contribution is -2.27. The molecule has 3 N–H and O–H groups in total. The van der Waals surface area contributed by atoms with Crippen LogP contribution < -0.4 is 11.1 Å². The zero-order chi connectivity index (χ0) is 14.7. The van der Waals surface area contributed by atoms with E-state index >= 15 is 0 Å². The van der Waals surface area contributed by atoms with E-state index in [-0.39, 0.29) is 16.4 Å². The molecule has 0 aliphatic carbocycles. The number of anilines is 1. The number of nitrogens with two attached hydrogens (primary N) is 1. The van der Waals surface area contributed by atoms with Crippen molar-refractivity contribution in [2.45, 2.75) is 6.04 Å². The van der Waals surface area contributed by atoms with Crippen molar-refractivity contribution in [3.05, 3.63) is 55.7 Å². The summed E-state index contributed by atoms with van der Waals surface area (Å²) in [6, 6.07) is 6.56. The number of thiophene rings is 1. The zero-order valence-electron chi connectivity index (χ0n) is 10.1. The predicted molar refractivity (Wildman–Crippen MR) is 78.0 cm³/mol. The van der Waals surface area contributed by atoms with E-state index in [1.54, 1.807) is 12.1 Å². The average molecular weight is 312 g/mol. The second kappa shape index (κ2) is 6.00. The number of carbonyl (C=O) groups is 1. The molecule has 0 radical (unpaired) electrons. The molecule has 1 aromatic heterocycles. The highest BCUT2D eigenvalue weighted by molar-refractivity contribution is 7.10. The van der Waals surface area contributed by atoms with Gasteiger partial charge in [0.1, 0.15) is 6.04 Å². The van der Waals surface area contributed by atoms with Gasteiger partial charge in [-0.3, -0.25) is 14.9 Å². The number of nitro benzene ring substituents is 1. The molecule has 0 bridgehead atoms. The predicted octanol–water partition coefficient (Wildman–Crippen LogP) is 2.95. The van der Waals surface area contributed by atoms with Crippen LogP contribution in [0.15, 0.2) is 35.7 Å². The van der Waals surface area contributed by atoms with E-state index in [4.69, 9.17) is 17.3 Å². The van der Waals surface area contributed by atoms with Crippen molar-refractivity contribution in [3.63, 3.8) is 0 Å². The Labute approximate surface area is 123 Å². The van der Waals surface area contributed by atoms with E-state index in [1.165, 1.54) is 29.5 Å². The van der Waals surface area contributed by atoms with Gasteiger partial charge in [-0.25, -0.2) is 0 Å². The minimum atomic E-state index is -0.804. The molecule has 2 aromatic rings. The van der Waals surface area contributed by atoms with Gasteiger partial charge < -0.3 is 11.1 Å². The summed E-state index contributed by atoms with van der Waals surface area (Å²) in [5.74, 6) is -0.428. The Kier molecular flexibility index (Phi) is 4.33. The molecule has 1 aromatic carbocycles. The molecule has 0 aliphatic heterocycles. The minimum Gasteiger partial charge on any atom is -0.323 e. The number of carbonyl (C=O) groups excluding carboxylic acids is 1. The second-order valence-corrected chi connectivity index (χ2v) is 5.29. The Morgan fingerprint density at radius 2 is 2.20 bits per heavy atom. The van der Waals surface area contributed by atoms with Gasteiger partial charge in [-0.2, -0.15) is 0 Å². The van der Waals surface area contributed by atoms with Crippen molar-refractivity contribution in [2.75, 3.05) is 5.32 Å². The van der Waals surface area contributed by atoms with Gasteiger partial charge in [-0.1, -0.05) is 17.7 Å². The lowest BCUT2D eigenvalue weighted by atomic mass is 10.2. The molecule has 0 aliphatic rings. The van der Waals surface area contributed by atoms with Crippen LogP contribution in [0.5, 0.6) is 0 Å². The molecule has 0 saturated heterocycles. The minimum absolute atomic E-state index is 0.0888. The third-order valence-corrected chi connectivity index (χ3v) is 3.82. The number of benzene rings is 1. The molecule has 1 unspecified atom stereocenters. The van der Waals surface area contributed by atoms with E-state index < -0.39 is 16.9 Å².